The quantitative estimate of drug-likeness (QED) is 0.375. The van der Waals surface area contributed by atoms with Crippen LogP contribution in [0.1, 0.15) is 18.0 Å². The fourth-order valence-electron chi connectivity index (χ4n) is 3.92. The zero-order valence-corrected chi connectivity index (χ0v) is 15.4. The van der Waals surface area contributed by atoms with E-state index in [9.17, 15) is 18.0 Å². The lowest BCUT2D eigenvalue weighted by Gasteiger charge is -2.28. The Morgan fingerprint density at radius 1 is 1.46 bits per heavy atom. The molecule has 4 rings (SSSR count). The Morgan fingerprint density at radius 2 is 2.25 bits per heavy atom. The van der Waals surface area contributed by atoms with Crippen molar-refractivity contribution in [2.75, 3.05) is 13.2 Å². The summed E-state index contributed by atoms with van der Waals surface area (Å²) < 4.78 is 35.2. The normalized spacial score (nSPS) is 29.4. The minimum Gasteiger partial charge on any atom is -0.322 e. The van der Waals surface area contributed by atoms with Crippen molar-refractivity contribution in [1.82, 2.24) is 20.4 Å². The first kappa shape index (κ1) is 19.0. The number of carbonyl (C=O) groups is 2. The SMILES string of the molecule is NC(CONC(=O)[C@@H]1C2CC2[C@@H]2CN1C(=O)N2OS(=O)(=O)O)c1cccnc1. The number of amides is 3. The standard InChI is InChI=1S/C15H19N5O7S/c16-11(8-2-1-3-17-5-8)7-26-18-14(21)13-10-4-9(10)12-6-19(13)15(22)20(12)27-28(23,24)25/h1-3,5,9-13H,4,6-7,16H2,(H,18,21)(H,23,24,25)/t9?,10?,11?,12-,13-/m0/s1. The molecule has 1 saturated carbocycles. The Kier molecular flexibility index (Phi) is 4.71. The summed E-state index contributed by atoms with van der Waals surface area (Å²) in [5, 5.41) is 0.631. The lowest BCUT2D eigenvalue weighted by atomic mass is 10.0. The molecule has 13 heteroatoms. The second-order valence-electron chi connectivity index (χ2n) is 7.01. The highest BCUT2D eigenvalue weighted by Gasteiger charge is 2.65. The number of rotatable bonds is 7. The summed E-state index contributed by atoms with van der Waals surface area (Å²) in [6.07, 6.45) is 3.84. The number of pyridine rings is 1. The van der Waals surface area contributed by atoms with Gasteiger partial charge in [-0.25, -0.2) is 10.3 Å². The van der Waals surface area contributed by atoms with Gasteiger partial charge < -0.3 is 10.6 Å². The molecule has 28 heavy (non-hydrogen) atoms. The minimum absolute atomic E-state index is 0.00676. The molecule has 0 radical (unpaired) electrons. The van der Waals surface area contributed by atoms with E-state index in [1.807, 2.05) is 0 Å². The van der Waals surface area contributed by atoms with E-state index < -0.39 is 40.5 Å². The molecular formula is C15H19N5O7S. The van der Waals surface area contributed by atoms with E-state index >= 15 is 0 Å². The summed E-state index contributed by atoms with van der Waals surface area (Å²) in [5.74, 6) is -0.738. The van der Waals surface area contributed by atoms with Crippen LogP contribution in [0.25, 0.3) is 0 Å². The summed E-state index contributed by atoms with van der Waals surface area (Å²) in [7, 11) is -4.84. The Labute approximate surface area is 160 Å². The van der Waals surface area contributed by atoms with E-state index in [1.165, 1.54) is 4.90 Å². The summed E-state index contributed by atoms with van der Waals surface area (Å²) in [5.41, 5.74) is 9.03. The summed E-state index contributed by atoms with van der Waals surface area (Å²) in [6.45, 7) is 0.135. The molecule has 2 bridgehead atoms. The predicted molar refractivity (Wildman–Crippen MR) is 91.0 cm³/mol. The molecule has 3 aliphatic rings. The molecule has 152 valence electrons. The van der Waals surface area contributed by atoms with Gasteiger partial charge in [0.2, 0.25) is 0 Å². The number of hydrogen-bond acceptors (Lipinski definition) is 8. The van der Waals surface area contributed by atoms with Gasteiger partial charge in [0.1, 0.15) is 6.04 Å². The molecule has 2 aliphatic heterocycles. The minimum atomic E-state index is -4.84. The number of nitrogens with one attached hydrogen (secondary N) is 1. The van der Waals surface area contributed by atoms with Crippen LogP contribution in [-0.2, 0) is 24.3 Å². The van der Waals surface area contributed by atoms with Gasteiger partial charge in [0.25, 0.3) is 5.91 Å². The fourth-order valence-corrected chi connectivity index (χ4v) is 4.29. The molecule has 3 fully saturated rings. The number of nitrogens with zero attached hydrogens (tertiary/aromatic N) is 3. The largest absolute Gasteiger partial charge is 0.418 e. The molecular weight excluding hydrogens is 394 g/mol. The van der Waals surface area contributed by atoms with Crippen molar-refractivity contribution >= 4 is 22.3 Å². The fraction of sp³-hybridized carbons (Fsp3) is 0.533. The molecule has 4 N–H and O–H groups in total. The van der Waals surface area contributed by atoms with E-state index in [0.29, 0.717) is 11.5 Å². The lowest BCUT2D eigenvalue weighted by Crippen LogP contribution is -2.51. The van der Waals surface area contributed by atoms with Crippen LogP contribution < -0.4 is 11.2 Å². The van der Waals surface area contributed by atoms with Crippen LogP contribution in [-0.4, -0.2) is 65.1 Å². The molecule has 12 nitrogen and oxygen atoms in total. The van der Waals surface area contributed by atoms with Gasteiger partial charge in [-0.1, -0.05) is 6.07 Å². The molecule has 2 saturated heterocycles. The summed E-state index contributed by atoms with van der Waals surface area (Å²) in [6, 6.07) is 0.902. The first-order chi connectivity index (χ1) is 13.3. The number of carbonyl (C=O) groups excluding carboxylic acids is 2. The van der Waals surface area contributed by atoms with Gasteiger partial charge in [-0.2, -0.15) is 13.5 Å². The first-order valence-electron chi connectivity index (χ1n) is 8.60. The third kappa shape index (κ3) is 3.54. The molecule has 3 heterocycles. The van der Waals surface area contributed by atoms with Crippen molar-refractivity contribution in [1.29, 1.82) is 0 Å². The van der Waals surface area contributed by atoms with Crippen molar-refractivity contribution < 1.29 is 31.7 Å². The monoisotopic (exact) mass is 413 g/mol. The maximum atomic E-state index is 12.6. The maximum absolute atomic E-state index is 12.6. The zero-order chi connectivity index (χ0) is 20.1. The van der Waals surface area contributed by atoms with Crippen LogP contribution >= 0.6 is 0 Å². The first-order valence-corrected chi connectivity index (χ1v) is 9.97. The Balaban J connectivity index is 1.36. The van der Waals surface area contributed by atoms with E-state index in [0.717, 1.165) is 5.56 Å². The van der Waals surface area contributed by atoms with Crippen molar-refractivity contribution in [2.45, 2.75) is 24.5 Å². The van der Waals surface area contributed by atoms with Crippen LogP contribution in [0.15, 0.2) is 24.5 Å². The van der Waals surface area contributed by atoms with Gasteiger partial charge in [0, 0.05) is 18.9 Å². The molecule has 0 aromatic carbocycles. The number of aromatic nitrogens is 1. The van der Waals surface area contributed by atoms with Crippen LogP contribution in [0, 0.1) is 11.8 Å². The Morgan fingerprint density at radius 3 is 2.93 bits per heavy atom. The third-order valence-electron chi connectivity index (χ3n) is 5.24. The van der Waals surface area contributed by atoms with Gasteiger partial charge in [0.05, 0.1) is 18.7 Å². The zero-order valence-electron chi connectivity index (χ0n) is 14.5. The van der Waals surface area contributed by atoms with Crippen LogP contribution in [0.5, 0.6) is 0 Å². The molecule has 3 unspecified atom stereocenters. The predicted octanol–water partition coefficient (Wildman–Crippen LogP) is -1.01. The molecule has 3 amide bonds. The van der Waals surface area contributed by atoms with Crippen molar-refractivity contribution in [3.63, 3.8) is 0 Å². The maximum Gasteiger partial charge on any atom is 0.418 e. The van der Waals surface area contributed by atoms with Crippen LogP contribution in [0.4, 0.5) is 4.79 Å². The van der Waals surface area contributed by atoms with Crippen LogP contribution in [0.2, 0.25) is 0 Å². The topological polar surface area (TPSA) is 164 Å². The Hall–Kier alpha value is -2.32. The highest BCUT2D eigenvalue weighted by molar-refractivity contribution is 7.80. The smallest absolute Gasteiger partial charge is 0.322 e. The van der Waals surface area contributed by atoms with E-state index in [1.54, 1.807) is 24.5 Å². The third-order valence-corrected chi connectivity index (χ3v) is 5.59. The van der Waals surface area contributed by atoms with E-state index in [2.05, 4.69) is 14.7 Å². The van der Waals surface area contributed by atoms with Crippen molar-refractivity contribution in [3.8, 4) is 0 Å². The number of urea groups is 1. The molecule has 0 spiro atoms. The lowest BCUT2D eigenvalue weighted by molar-refractivity contribution is -0.139. The van der Waals surface area contributed by atoms with Gasteiger partial charge in [-0.15, -0.1) is 4.28 Å². The van der Waals surface area contributed by atoms with E-state index in [-0.39, 0.29) is 25.0 Å². The van der Waals surface area contributed by atoms with Gasteiger partial charge >= 0.3 is 16.4 Å². The molecule has 5 atom stereocenters. The second kappa shape index (κ2) is 6.93. The van der Waals surface area contributed by atoms with Gasteiger partial charge in [-0.05, 0) is 29.9 Å². The molecule has 1 aromatic heterocycles. The number of piperidine rings is 1. The van der Waals surface area contributed by atoms with Crippen molar-refractivity contribution in [2.24, 2.45) is 17.6 Å². The highest BCUT2D eigenvalue weighted by Crippen LogP contribution is 2.53. The molecule has 1 aromatic rings. The average molecular weight is 413 g/mol. The van der Waals surface area contributed by atoms with Crippen molar-refractivity contribution in [3.05, 3.63) is 30.1 Å². The van der Waals surface area contributed by atoms with Crippen LogP contribution in [0.3, 0.4) is 0 Å². The number of fused-ring (bicyclic) bond motifs is 4. The Bertz CT molecular complexity index is 882. The number of hydrogen-bond donors (Lipinski definition) is 3. The summed E-state index contributed by atoms with van der Waals surface area (Å²) >= 11 is 0. The second-order valence-corrected chi connectivity index (χ2v) is 8.01. The van der Waals surface area contributed by atoms with E-state index in [4.69, 9.17) is 15.1 Å². The number of hydroxylamine groups is 3. The van der Waals surface area contributed by atoms with Gasteiger partial charge in [-0.3, -0.25) is 19.2 Å². The van der Waals surface area contributed by atoms with Gasteiger partial charge in [0.15, 0.2) is 0 Å². The highest BCUT2D eigenvalue weighted by atomic mass is 32.3. The molecule has 1 aliphatic carbocycles. The summed E-state index contributed by atoms with van der Waals surface area (Å²) in [4.78, 5) is 35.4. The average Bonchev–Trinajstić information content (AvgIpc) is 3.40. The number of nitrogens with two attached hydrogens (primary N) is 1.